The summed E-state index contributed by atoms with van der Waals surface area (Å²) in [7, 11) is 0. The Bertz CT molecular complexity index is 833. The number of pyridine rings is 1. The van der Waals surface area contributed by atoms with E-state index in [1.165, 1.54) is 12.4 Å². The minimum Gasteiger partial charge on any atom is -0.476 e. The fourth-order valence-corrected chi connectivity index (χ4v) is 1.95. The van der Waals surface area contributed by atoms with E-state index in [1.54, 1.807) is 6.07 Å². The number of benzene rings is 1. The van der Waals surface area contributed by atoms with E-state index in [2.05, 4.69) is 15.0 Å². The standard InChI is InChI=1S/C15H11N3O3/c1-9-5-6-10-3-2-4-11(12(10)18-9)21-14-13(15(19)20)16-7-8-17-14/h2-8H,1H3,(H,19,20). The first-order valence-corrected chi connectivity index (χ1v) is 6.23. The molecule has 0 saturated heterocycles. The Morgan fingerprint density at radius 1 is 1.14 bits per heavy atom. The van der Waals surface area contributed by atoms with E-state index in [0.717, 1.165) is 11.1 Å². The number of carbonyl (C=O) groups is 1. The second-order valence-corrected chi connectivity index (χ2v) is 4.40. The molecule has 0 aliphatic heterocycles. The number of aryl methyl sites for hydroxylation is 1. The molecule has 3 aromatic rings. The maximum Gasteiger partial charge on any atom is 0.360 e. The van der Waals surface area contributed by atoms with Crippen LogP contribution in [0.3, 0.4) is 0 Å². The summed E-state index contributed by atoms with van der Waals surface area (Å²) >= 11 is 0. The predicted octanol–water partition coefficient (Wildman–Crippen LogP) is 2.82. The third-order valence-corrected chi connectivity index (χ3v) is 2.90. The summed E-state index contributed by atoms with van der Waals surface area (Å²) < 4.78 is 5.62. The second kappa shape index (κ2) is 5.16. The minimum absolute atomic E-state index is 0.0548. The average Bonchev–Trinajstić information content (AvgIpc) is 2.48. The topological polar surface area (TPSA) is 85.2 Å². The molecule has 1 N–H and O–H groups in total. The third-order valence-electron chi connectivity index (χ3n) is 2.90. The highest BCUT2D eigenvalue weighted by Crippen LogP contribution is 2.28. The van der Waals surface area contributed by atoms with Gasteiger partial charge in [-0.05, 0) is 19.1 Å². The fourth-order valence-electron chi connectivity index (χ4n) is 1.95. The van der Waals surface area contributed by atoms with Gasteiger partial charge in [0.1, 0.15) is 5.52 Å². The molecule has 0 fully saturated rings. The van der Waals surface area contributed by atoms with Gasteiger partial charge in [-0.15, -0.1) is 0 Å². The number of aromatic nitrogens is 3. The highest BCUT2D eigenvalue weighted by Gasteiger charge is 2.16. The number of carboxylic acid groups (broad SMARTS) is 1. The molecule has 104 valence electrons. The number of nitrogens with zero attached hydrogens (tertiary/aromatic N) is 3. The van der Waals surface area contributed by atoms with Crippen molar-refractivity contribution >= 4 is 16.9 Å². The molecule has 0 spiro atoms. The molecule has 0 amide bonds. The van der Waals surface area contributed by atoms with Crippen LogP contribution in [0.15, 0.2) is 42.7 Å². The molecular weight excluding hydrogens is 270 g/mol. The van der Waals surface area contributed by atoms with E-state index >= 15 is 0 Å². The van der Waals surface area contributed by atoms with Gasteiger partial charge in [-0.2, -0.15) is 0 Å². The van der Waals surface area contributed by atoms with Crippen molar-refractivity contribution in [1.29, 1.82) is 0 Å². The highest BCUT2D eigenvalue weighted by atomic mass is 16.5. The molecule has 0 unspecified atom stereocenters. The summed E-state index contributed by atoms with van der Waals surface area (Å²) in [5, 5.41) is 10.0. The van der Waals surface area contributed by atoms with Crippen molar-refractivity contribution in [2.45, 2.75) is 6.92 Å². The molecule has 0 aliphatic rings. The van der Waals surface area contributed by atoms with Crippen molar-refractivity contribution in [2.75, 3.05) is 0 Å². The Morgan fingerprint density at radius 3 is 2.76 bits per heavy atom. The highest BCUT2D eigenvalue weighted by molar-refractivity contribution is 5.88. The number of ether oxygens (including phenoxy) is 1. The van der Waals surface area contributed by atoms with Crippen LogP contribution in [-0.4, -0.2) is 26.0 Å². The summed E-state index contributed by atoms with van der Waals surface area (Å²) in [6.07, 6.45) is 2.69. The molecule has 3 rings (SSSR count). The molecule has 0 bridgehead atoms. The van der Waals surface area contributed by atoms with E-state index in [0.29, 0.717) is 11.3 Å². The zero-order valence-corrected chi connectivity index (χ0v) is 11.1. The van der Waals surface area contributed by atoms with Gasteiger partial charge < -0.3 is 9.84 Å². The molecule has 0 aliphatic carbocycles. The van der Waals surface area contributed by atoms with E-state index in [-0.39, 0.29) is 11.6 Å². The minimum atomic E-state index is -1.19. The fraction of sp³-hybridized carbons (Fsp3) is 0.0667. The van der Waals surface area contributed by atoms with Crippen LogP contribution in [0.4, 0.5) is 0 Å². The van der Waals surface area contributed by atoms with Crippen LogP contribution in [0.5, 0.6) is 11.6 Å². The maximum absolute atomic E-state index is 11.1. The number of para-hydroxylation sites is 1. The lowest BCUT2D eigenvalue weighted by Crippen LogP contribution is -2.04. The molecule has 2 heterocycles. The molecule has 6 nitrogen and oxygen atoms in total. The molecule has 6 heteroatoms. The normalized spacial score (nSPS) is 10.5. The van der Waals surface area contributed by atoms with Gasteiger partial charge in [0.2, 0.25) is 5.69 Å². The Morgan fingerprint density at radius 2 is 1.95 bits per heavy atom. The van der Waals surface area contributed by atoms with E-state index in [9.17, 15) is 4.79 Å². The smallest absolute Gasteiger partial charge is 0.360 e. The summed E-state index contributed by atoms with van der Waals surface area (Å²) in [6.45, 7) is 1.88. The van der Waals surface area contributed by atoms with Gasteiger partial charge in [-0.3, -0.25) is 0 Å². The van der Waals surface area contributed by atoms with Gasteiger partial charge in [-0.25, -0.2) is 19.7 Å². The number of aromatic carboxylic acids is 1. The van der Waals surface area contributed by atoms with Crippen LogP contribution in [-0.2, 0) is 0 Å². The van der Waals surface area contributed by atoms with Gasteiger partial charge in [0.05, 0.1) is 0 Å². The molecule has 0 radical (unpaired) electrons. The number of carboxylic acids is 1. The zero-order valence-electron chi connectivity index (χ0n) is 11.1. The first-order valence-electron chi connectivity index (χ1n) is 6.23. The summed E-state index contributed by atoms with van der Waals surface area (Å²) in [5.41, 5.74) is 1.26. The zero-order chi connectivity index (χ0) is 14.8. The first kappa shape index (κ1) is 13.0. The van der Waals surface area contributed by atoms with Crippen molar-refractivity contribution in [1.82, 2.24) is 15.0 Å². The summed E-state index contributed by atoms with van der Waals surface area (Å²) in [5.74, 6) is -0.803. The van der Waals surface area contributed by atoms with Crippen LogP contribution < -0.4 is 4.74 Å². The maximum atomic E-state index is 11.1. The quantitative estimate of drug-likeness (QED) is 0.794. The second-order valence-electron chi connectivity index (χ2n) is 4.40. The van der Waals surface area contributed by atoms with Crippen molar-refractivity contribution in [2.24, 2.45) is 0 Å². The largest absolute Gasteiger partial charge is 0.476 e. The number of hydrogen-bond donors (Lipinski definition) is 1. The van der Waals surface area contributed by atoms with Crippen LogP contribution in [0, 0.1) is 6.92 Å². The Labute approximate surface area is 120 Å². The Kier molecular flexibility index (Phi) is 3.19. The number of fused-ring (bicyclic) bond motifs is 1. The van der Waals surface area contributed by atoms with Crippen LogP contribution in [0.2, 0.25) is 0 Å². The average molecular weight is 281 g/mol. The van der Waals surface area contributed by atoms with Crippen molar-refractivity contribution in [3.8, 4) is 11.6 Å². The van der Waals surface area contributed by atoms with Crippen molar-refractivity contribution < 1.29 is 14.6 Å². The van der Waals surface area contributed by atoms with Crippen LogP contribution in [0.1, 0.15) is 16.2 Å². The number of hydrogen-bond acceptors (Lipinski definition) is 5. The Hall–Kier alpha value is -3.02. The first-order chi connectivity index (χ1) is 10.1. The Balaban J connectivity index is 2.11. The molecule has 2 aromatic heterocycles. The molecule has 0 saturated carbocycles. The lowest BCUT2D eigenvalue weighted by atomic mass is 10.2. The van der Waals surface area contributed by atoms with E-state index in [1.807, 2.05) is 31.2 Å². The van der Waals surface area contributed by atoms with Crippen molar-refractivity contribution in [3.63, 3.8) is 0 Å². The third kappa shape index (κ3) is 2.51. The molecule has 1 aromatic carbocycles. The van der Waals surface area contributed by atoms with Gasteiger partial charge in [0.25, 0.3) is 5.88 Å². The lowest BCUT2D eigenvalue weighted by Gasteiger charge is -2.09. The summed E-state index contributed by atoms with van der Waals surface area (Å²) in [4.78, 5) is 23.3. The monoisotopic (exact) mass is 281 g/mol. The van der Waals surface area contributed by atoms with Gasteiger partial charge in [0, 0.05) is 23.5 Å². The van der Waals surface area contributed by atoms with Crippen LogP contribution in [0.25, 0.3) is 10.9 Å². The predicted molar refractivity (Wildman–Crippen MR) is 75.5 cm³/mol. The van der Waals surface area contributed by atoms with Crippen LogP contribution >= 0.6 is 0 Å². The molecule has 0 atom stereocenters. The van der Waals surface area contributed by atoms with E-state index in [4.69, 9.17) is 9.84 Å². The number of rotatable bonds is 3. The molecular formula is C15H11N3O3. The van der Waals surface area contributed by atoms with Gasteiger partial charge in [-0.1, -0.05) is 18.2 Å². The van der Waals surface area contributed by atoms with Gasteiger partial charge in [0.15, 0.2) is 5.75 Å². The van der Waals surface area contributed by atoms with E-state index < -0.39 is 5.97 Å². The van der Waals surface area contributed by atoms with Crippen molar-refractivity contribution in [3.05, 3.63) is 54.1 Å². The summed E-state index contributed by atoms with van der Waals surface area (Å²) in [6, 6.07) is 9.26. The SMILES string of the molecule is Cc1ccc2cccc(Oc3nccnc3C(=O)O)c2n1. The van der Waals surface area contributed by atoms with Gasteiger partial charge >= 0.3 is 5.97 Å². The lowest BCUT2D eigenvalue weighted by molar-refractivity contribution is 0.0686. The molecule has 21 heavy (non-hydrogen) atoms.